The molecule has 0 atom stereocenters. The van der Waals surface area contributed by atoms with Crippen molar-refractivity contribution in [3.05, 3.63) is 25.4 Å². The second kappa shape index (κ2) is 7.94. The summed E-state index contributed by atoms with van der Waals surface area (Å²) in [5.41, 5.74) is 0. The Morgan fingerprint density at radius 1 is 0.889 bits per heavy atom. The molecule has 9 heteroatoms. The van der Waals surface area contributed by atoms with Crippen molar-refractivity contribution in [2.24, 2.45) is 0 Å². The van der Waals surface area contributed by atoms with Crippen molar-refractivity contribution in [2.75, 3.05) is 17.8 Å². The van der Waals surface area contributed by atoms with Gasteiger partial charge in [-0.15, -0.1) is 51.3 Å². The van der Waals surface area contributed by atoms with Gasteiger partial charge in [-0.25, -0.2) is 0 Å². The third kappa shape index (κ3) is 3.80. The largest absolute Gasteiger partial charge is 1.00 e. The molecule has 0 aromatic rings. The summed E-state index contributed by atoms with van der Waals surface area (Å²) in [6, 6.07) is 0. The van der Waals surface area contributed by atoms with Crippen LogP contribution in [0.5, 0.6) is 0 Å². The molecule has 3 aliphatic rings. The van der Waals surface area contributed by atoms with Crippen LogP contribution in [0.4, 0.5) is 0 Å². The molecule has 0 aromatic carbocycles. The fourth-order valence-corrected chi connectivity index (χ4v) is 11.5. The maximum absolute atomic E-state index is 5.39. The molecule has 0 fully saturated rings. The smallest absolute Gasteiger partial charge is 0.771 e. The summed E-state index contributed by atoms with van der Waals surface area (Å²) in [7, 11) is 0. The summed E-state index contributed by atoms with van der Waals surface area (Å²) < 4.78 is 8.20. The van der Waals surface area contributed by atoms with E-state index in [-0.39, 0.29) is 29.6 Å². The average Bonchev–Trinajstić information content (AvgIpc) is 2.91. The molecular formula is C9H7NaS8. The molecule has 0 saturated carbocycles. The third-order valence-corrected chi connectivity index (χ3v) is 12.6. The first kappa shape index (κ1) is 17.2. The second-order valence-electron chi connectivity index (χ2n) is 3.03. The fourth-order valence-electron chi connectivity index (χ4n) is 1.28. The normalized spacial score (nSPS) is 23.6. The van der Waals surface area contributed by atoms with Crippen LogP contribution < -0.4 is 29.6 Å². The number of thioether (sulfide) groups is 7. The van der Waals surface area contributed by atoms with E-state index in [1.54, 1.807) is 23.5 Å². The molecule has 18 heavy (non-hydrogen) atoms. The van der Waals surface area contributed by atoms with Gasteiger partial charge in [0.1, 0.15) is 0 Å². The average molecular weight is 395 g/mol. The zero-order valence-electron chi connectivity index (χ0n) is 9.68. The van der Waals surface area contributed by atoms with E-state index in [2.05, 4.69) is 6.26 Å². The molecule has 92 valence electrons. The molecule has 3 rings (SSSR count). The number of rotatable bonds is 1. The van der Waals surface area contributed by atoms with E-state index in [1.807, 2.05) is 58.8 Å². The van der Waals surface area contributed by atoms with Crippen molar-refractivity contribution < 1.29 is 29.6 Å². The van der Waals surface area contributed by atoms with Gasteiger partial charge in [-0.2, -0.15) is 0 Å². The van der Waals surface area contributed by atoms with E-state index in [4.69, 9.17) is 12.6 Å². The van der Waals surface area contributed by atoms with Crippen LogP contribution in [0.2, 0.25) is 0 Å². The predicted molar refractivity (Wildman–Crippen MR) is 97.2 cm³/mol. The van der Waals surface area contributed by atoms with Crippen LogP contribution in [0.15, 0.2) is 25.4 Å². The first-order chi connectivity index (χ1) is 8.28. The van der Waals surface area contributed by atoms with E-state index in [1.165, 1.54) is 32.7 Å². The zero-order chi connectivity index (χ0) is 11.8. The Morgan fingerprint density at radius 2 is 1.44 bits per heavy atom. The van der Waals surface area contributed by atoms with Crippen LogP contribution in [0, 0.1) is 0 Å². The Hall–Kier alpha value is 2.89. The summed E-state index contributed by atoms with van der Waals surface area (Å²) in [6.07, 6.45) is 2.10. The van der Waals surface area contributed by atoms with Crippen molar-refractivity contribution in [2.45, 2.75) is 0 Å². The standard InChI is InChI=1S/C9H8S8.Na/c1-11-5-4(10)14-8(15-5)9-16-6-7(17-9)13-3-2-12-6;/h10H,2-3H2,1H3;/q;+1/p-1. The molecule has 0 radical (unpaired) electrons. The van der Waals surface area contributed by atoms with Crippen LogP contribution in [0.25, 0.3) is 0 Å². The molecule has 0 N–H and O–H groups in total. The summed E-state index contributed by atoms with van der Waals surface area (Å²) in [6.45, 7) is 0. The SMILES string of the molecule is CSC1=C([S-])SC(=C2SC3=C(SCCS3)S2)S1.[Na+]. The van der Waals surface area contributed by atoms with E-state index in [9.17, 15) is 0 Å². The van der Waals surface area contributed by atoms with Crippen LogP contribution in [0.1, 0.15) is 0 Å². The van der Waals surface area contributed by atoms with Crippen LogP contribution in [-0.4, -0.2) is 17.8 Å². The summed E-state index contributed by atoms with van der Waals surface area (Å²) >= 11 is 18.7. The van der Waals surface area contributed by atoms with Crippen molar-refractivity contribution in [1.29, 1.82) is 0 Å². The third-order valence-electron chi connectivity index (χ3n) is 1.98. The van der Waals surface area contributed by atoms with E-state index in [0.29, 0.717) is 0 Å². The second-order valence-corrected chi connectivity index (χ2v) is 12.1. The maximum atomic E-state index is 5.39. The van der Waals surface area contributed by atoms with Crippen molar-refractivity contribution in [3.63, 3.8) is 0 Å². The Labute approximate surface area is 165 Å². The molecule has 0 amide bonds. The summed E-state index contributed by atoms with van der Waals surface area (Å²) in [4.78, 5) is 0. The minimum absolute atomic E-state index is 0. The van der Waals surface area contributed by atoms with Gasteiger partial charge in [-0.1, -0.05) is 35.3 Å². The minimum atomic E-state index is 0. The van der Waals surface area contributed by atoms with E-state index in [0.717, 1.165) is 4.24 Å². The first-order valence-electron chi connectivity index (χ1n) is 4.69. The van der Waals surface area contributed by atoms with Crippen molar-refractivity contribution in [1.82, 2.24) is 0 Å². The van der Waals surface area contributed by atoms with Gasteiger partial charge in [0.15, 0.2) is 0 Å². The van der Waals surface area contributed by atoms with Gasteiger partial charge in [0, 0.05) is 15.7 Å². The van der Waals surface area contributed by atoms with Gasteiger partial charge >= 0.3 is 29.6 Å². The molecule has 0 unspecified atom stereocenters. The topological polar surface area (TPSA) is 0 Å². The number of hydrogen-bond acceptors (Lipinski definition) is 8. The molecule has 0 spiro atoms. The maximum Gasteiger partial charge on any atom is 1.00 e. The first-order valence-corrected chi connectivity index (χ1v) is 11.6. The van der Waals surface area contributed by atoms with Gasteiger partial charge in [0.25, 0.3) is 0 Å². The molecule has 3 aliphatic heterocycles. The molecular weight excluding hydrogens is 388 g/mol. The van der Waals surface area contributed by atoms with Crippen molar-refractivity contribution >= 4 is 95.0 Å². The Balaban J connectivity index is 0.00000120. The summed E-state index contributed by atoms with van der Waals surface area (Å²) in [5, 5.41) is 0. The molecule has 0 saturated heterocycles. The van der Waals surface area contributed by atoms with Gasteiger partial charge < -0.3 is 12.6 Å². The number of hydrogen-bond donors (Lipinski definition) is 0. The van der Waals surface area contributed by atoms with Crippen LogP contribution in [0.3, 0.4) is 0 Å². The molecule has 0 bridgehead atoms. The van der Waals surface area contributed by atoms with E-state index < -0.39 is 0 Å². The molecule has 3 heterocycles. The molecule has 0 aromatic heterocycles. The molecule has 0 nitrogen and oxygen atoms in total. The Kier molecular flexibility index (Phi) is 7.61. The minimum Gasteiger partial charge on any atom is -0.771 e. The Morgan fingerprint density at radius 3 is 1.94 bits per heavy atom. The van der Waals surface area contributed by atoms with Gasteiger partial charge in [-0.05, 0) is 6.26 Å². The Bertz CT molecular complexity index is 431. The monoisotopic (exact) mass is 394 g/mol. The quantitative estimate of drug-likeness (QED) is 0.486. The zero-order valence-corrected chi connectivity index (χ0v) is 18.2. The van der Waals surface area contributed by atoms with Gasteiger partial charge in [-0.3, -0.25) is 0 Å². The predicted octanol–water partition coefficient (Wildman–Crippen LogP) is 2.72. The fraction of sp³-hybridized carbons (Fsp3) is 0.333. The van der Waals surface area contributed by atoms with Crippen LogP contribution in [-0.2, 0) is 12.6 Å². The summed E-state index contributed by atoms with van der Waals surface area (Å²) in [5.74, 6) is 2.50. The molecule has 0 aliphatic carbocycles. The van der Waals surface area contributed by atoms with Crippen molar-refractivity contribution in [3.8, 4) is 0 Å². The van der Waals surface area contributed by atoms with E-state index >= 15 is 0 Å². The van der Waals surface area contributed by atoms with Gasteiger partial charge in [0.05, 0.1) is 16.9 Å². The van der Waals surface area contributed by atoms with Gasteiger partial charge in [0.2, 0.25) is 0 Å². The van der Waals surface area contributed by atoms with Crippen LogP contribution >= 0.6 is 82.3 Å².